The fourth-order valence-electron chi connectivity index (χ4n) is 3.03. The minimum absolute atomic E-state index is 0.0717. The molecule has 0 radical (unpaired) electrons. The molecular weight excluding hydrogens is 337 g/mol. The van der Waals surface area contributed by atoms with Crippen LogP contribution in [-0.4, -0.2) is 61.1 Å². The highest BCUT2D eigenvalue weighted by molar-refractivity contribution is 5.78. The number of carbonyl (C=O) groups excluding carboxylic acids is 2. The van der Waals surface area contributed by atoms with Crippen molar-refractivity contribution < 1.29 is 18.7 Å². The summed E-state index contributed by atoms with van der Waals surface area (Å²) in [4.78, 5) is 27.8. The van der Waals surface area contributed by atoms with Gasteiger partial charge in [-0.2, -0.15) is 0 Å². The molecule has 2 rings (SSSR count). The first-order valence-electron chi connectivity index (χ1n) is 9.09. The second kappa shape index (κ2) is 9.52. The van der Waals surface area contributed by atoms with Gasteiger partial charge in [0, 0.05) is 26.2 Å². The Morgan fingerprint density at radius 2 is 1.77 bits per heavy atom. The highest BCUT2D eigenvalue weighted by Crippen LogP contribution is 2.22. The third kappa shape index (κ3) is 5.69. The Hall–Kier alpha value is -2.15. The number of halogens is 1. The van der Waals surface area contributed by atoms with Crippen LogP contribution in [-0.2, 0) is 9.53 Å². The van der Waals surface area contributed by atoms with Crippen LogP contribution >= 0.6 is 0 Å². The number of rotatable bonds is 6. The zero-order valence-corrected chi connectivity index (χ0v) is 15.7. The van der Waals surface area contributed by atoms with Gasteiger partial charge in [-0.05, 0) is 30.5 Å². The third-order valence-electron chi connectivity index (χ3n) is 4.48. The number of carbonyl (C=O) groups is 2. The minimum atomic E-state index is -0.298. The number of piperazine rings is 1. The van der Waals surface area contributed by atoms with Gasteiger partial charge in [-0.1, -0.05) is 26.0 Å². The molecule has 1 aromatic rings. The summed E-state index contributed by atoms with van der Waals surface area (Å²) in [6.45, 7) is 8.84. The maximum Gasteiger partial charge on any atom is 0.409 e. The molecule has 1 aliphatic heterocycles. The van der Waals surface area contributed by atoms with Gasteiger partial charge < -0.3 is 15.0 Å². The number of benzene rings is 1. The van der Waals surface area contributed by atoms with Gasteiger partial charge in [0.1, 0.15) is 5.82 Å². The fraction of sp³-hybridized carbons (Fsp3) is 0.579. The van der Waals surface area contributed by atoms with Gasteiger partial charge in [-0.15, -0.1) is 0 Å². The Bertz CT molecular complexity index is 599. The van der Waals surface area contributed by atoms with E-state index in [4.69, 9.17) is 4.74 Å². The van der Waals surface area contributed by atoms with E-state index in [-0.39, 0.29) is 36.3 Å². The van der Waals surface area contributed by atoms with E-state index in [1.165, 1.54) is 12.1 Å². The standard InChI is InChI=1S/C19H28FN3O3/c1-4-26-19(25)23-11-9-22(10-12-23)13-17(24)21-18(14(2)3)15-5-7-16(20)8-6-15/h5-8,14,18H,4,9-13H2,1-3H3,(H,21,24)/t18-/m1/s1. The van der Waals surface area contributed by atoms with Crippen molar-refractivity contribution in [3.8, 4) is 0 Å². The Balaban J connectivity index is 1.85. The summed E-state index contributed by atoms with van der Waals surface area (Å²) in [6, 6.07) is 6.07. The van der Waals surface area contributed by atoms with E-state index >= 15 is 0 Å². The second-order valence-electron chi connectivity index (χ2n) is 6.80. The summed E-state index contributed by atoms with van der Waals surface area (Å²) < 4.78 is 18.1. The van der Waals surface area contributed by atoms with Crippen LogP contribution < -0.4 is 5.32 Å². The van der Waals surface area contributed by atoms with Crippen molar-refractivity contribution >= 4 is 12.0 Å². The maximum absolute atomic E-state index is 13.1. The molecule has 0 bridgehead atoms. The van der Waals surface area contributed by atoms with Gasteiger partial charge in [0.15, 0.2) is 0 Å². The lowest BCUT2D eigenvalue weighted by Gasteiger charge is -2.34. The first-order chi connectivity index (χ1) is 12.4. The van der Waals surface area contributed by atoms with Crippen molar-refractivity contribution in [1.29, 1.82) is 0 Å². The van der Waals surface area contributed by atoms with Crippen molar-refractivity contribution in [2.75, 3.05) is 39.3 Å². The zero-order valence-electron chi connectivity index (χ0n) is 15.7. The van der Waals surface area contributed by atoms with Crippen molar-refractivity contribution in [3.63, 3.8) is 0 Å². The van der Waals surface area contributed by atoms with Crippen LogP contribution in [0.2, 0.25) is 0 Å². The predicted octanol–water partition coefficient (Wildman–Crippen LogP) is 2.41. The molecular formula is C19H28FN3O3. The summed E-state index contributed by atoms with van der Waals surface area (Å²) in [6.07, 6.45) is -0.298. The van der Waals surface area contributed by atoms with E-state index in [1.54, 1.807) is 24.0 Å². The van der Waals surface area contributed by atoms with Crippen LogP contribution in [0.15, 0.2) is 24.3 Å². The molecule has 0 saturated carbocycles. The number of nitrogens with zero attached hydrogens (tertiary/aromatic N) is 2. The molecule has 7 heteroatoms. The highest BCUT2D eigenvalue weighted by Gasteiger charge is 2.24. The molecule has 1 saturated heterocycles. The normalized spacial score (nSPS) is 16.4. The van der Waals surface area contributed by atoms with E-state index in [1.807, 2.05) is 18.7 Å². The molecule has 1 heterocycles. The Morgan fingerprint density at radius 1 is 1.15 bits per heavy atom. The number of hydrogen-bond acceptors (Lipinski definition) is 4. The average Bonchev–Trinajstić information content (AvgIpc) is 2.61. The summed E-state index contributed by atoms with van der Waals surface area (Å²) in [5.74, 6) is -0.176. The van der Waals surface area contributed by atoms with Gasteiger partial charge in [-0.3, -0.25) is 9.69 Å². The zero-order chi connectivity index (χ0) is 19.1. The number of ether oxygens (including phenoxy) is 1. The quantitative estimate of drug-likeness (QED) is 0.841. The first kappa shape index (κ1) is 20.2. The molecule has 2 amide bonds. The molecule has 1 N–H and O–H groups in total. The molecule has 0 spiro atoms. The third-order valence-corrected chi connectivity index (χ3v) is 4.48. The molecule has 1 fully saturated rings. The van der Waals surface area contributed by atoms with Crippen molar-refractivity contribution in [2.24, 2.45) is 5.92 Å². The van der Waals surface area contributed by atoms with Crippen LogP contribution in [0.25, 0.3) is 0 Å². The van der Waals surface area contributed by atoms with Crippen LogP contribution in [0.5, 0.6) is 0 Å². The fourth-order valence-corrected chi connectivity index (χ4v) is 3.03. The number of hydrogen-bond donors (Lipinski definition) is 1. The minimum Gasteiger partial charge on any atom is -0.450 e. The van der Waals surface area contributed by atoms with Gasteiger partial charge in [0.05, 0.1) is 19.2 Å². The monoisotopic (exact) mass is 365 g/mol. The molecule has 1 aliphatic rings. The average molecular weight is 365 g/mol. The van der Waals surface area contributed by atoms with E-state index in [9.17, 15) is 14.0 Å². The molecule has 0 unspecified atom stereocenters. The van der Waals surface area contributed by atoms with Crippen molar-refractivity contribution in [3.05, 3.63) is 35.6 Å². The molecule has 1 atom stereocenters. The SMILES string of the molecule is CCOC(=O)N1CCN(CC(=O)N[C@@H](c2ccc(F)cc2)C(C)C)CC1. The molecule has 6 nitrogen and oxygen atoms in total. The molecule has 144 valence electrons. The Kier molecular flexibility index (Phi) is 7.38. The van der Waals surface area contributed by atoms with E-state index < -0.39 is 0 Å². The lowest BCUT2D eigenvalue weighted by Crippen LogP contribution is -2.51. The largest absolute Gasteiger partial charge is 0.450 e. The van der Waals surface area contributed by atoms with Gasteiger partial charge in [-0.25, -0.2) is 9.18 Å². The van der Waals surface area contributed by atoms with Gasteiger partial charge >= 0.3 is 6.09 Å². The lowest BCUT2D eigenvalue weighted by molar-refractivity contribution is -0.123. The van der Waals surface area contributed by atoms with Crippen LogP contribution in [0.4, 0.5) is 9.18 Å². The van der Waals surface area contributed by atoms with Gasteiger partial charge in [0.2, 0.25) is 5.91 Å². The topological polar surface area (TPSA) is 61.9 Å². The smallest absolute Gasteiger partial charge is 0.409 e. The second-order valence-corrected chi connectivity index (χ2v) is 6.80. The maximum atomic E-state index is 13.1. The van der Waals surface area contributed by atoms with E-state index in [0.717, 1.165) is 5.56 Å². The number of amides is 2. The number of nitrogens with one attached hydrogen (secondary N) is 1. The lowest BCUT2D eigenvalue weighted by atomic mass is 9.96. The van der Waals surface area contributed by atoms with Crippen molar-refractivity contribution in [2.45, 2.75) is 26.8 Å². The molecule has 0 aliphatic carbocycles. The Labute approximate surface area is 154 Å². The molecule has 26 heavy (non-hydrogen) atoms. The predicted molar refractivity (Wildman–Crippen MR) is 97.2 cm³/mol. The van der Waals surface area contributed by atoms with Crippen LogP contribution in [0, 0.1) is 11.7 Å². The summed E-state index contributed by atoms with van der Waals surface area (Å²) >= 11 is 0. The molecule has 0 aromatic heterocycles. The highest BCUT2D eigenvalue weighted by atomic mass is 19.1. The van der Waals surface area contributed by atoms with Crippen LogP contribution in [0.1, 0.15) is 32.4 Å². The van der Waals surface area contributed by atoms with Crippen LogP contribution in [0.3, 0.4) is 0 Å². The first-order valence-corrected chi connectivity index (χ1v) is 9.09. The van der Waals surface area contributed by atoms with Gasteiger partial charge in [0.25, 0.3) is 0 Å². The van der Waals surface area contributed by atoms with E-state index in [2.05, 4.69) is 5.32 Å². The molecule has 1 aromatic carbocycles. The summed E-state index contributed by atoms with van der Waals surface area (Å²) in [7, 11) is 0. The van der Waals surface area contributed by atoms with Crippen molar-refractivity contribution in [1.82, 2.24) is 15.1 Å². The summed E-state index contributed by atoms with van der Waals surface area (Å²) in [5.41, 5.74) is 0.891. The summed E-state index contributed by atoms with van der Waals surface area (Å²) in [5, 5.41) is 3.05. The van der Waals surface area contributed by atoms with E-state index in [0.29, 0.717) is 32.8 Å². The Morgan fingerprint density at radius 3 is 2.31 bits per heavy atom.